The Morgan fingerprint density at radius 1 is 1.07 bits per heavy atom. The van der Waals surface area contributed by atoms with E-state index in [0.29, 0.717) is 27.8 Å². The summed E-state index contributed by atoms with van der Waals surface area (Å²) in [6.45, 7) is 0.883. The fourth-order valence-electron chi connectivity index (χ4n) is 2.33. The van der Waals surface area contributed by atoms with Crippen LogP contribution in [0.1, 0.15) is 15.9 Å². The molecule has 0 saturated carbocycles. The maximum atomic E-state index is 12.0. The van der Waals surface area contributed by atoms with Gasteiger partial charge in [0.05, 0.1) is 19.9 Å². The number of carbonyl (C=O) groups excluding carboxylic acids is 3. The molecule has 2 aromatic rings. The van der Waals surface area contributed by atoms with E-state index in [4.69, 9.17) is 25.8 Å². The topological polar surface area (TPSA) is 103 Å². The van der Waals surface area contributed by atoms with Crippen LogP contribution in [0.4, 0.5) is 5.69 Å². The SMILES string of the molecule is COc1cccc(C(=O)NCC(=O)OCC(=O)Nc2cc(C)c(Cl)cc2OC)c1. The zero-order valence-corrected chi connectivity index (χ0v) is 17.0. The van der Waals surface area contributed by atoms with E-state index in [1.807, 2.05) is 0 Å². The molecule has 29 heavy (non-hydrogen) atoms. The summed E-state index contributed by atoms with van der Waals surface area (Å²) >= 11 is 6.02. The highest BCUT2D eigenvalue weighted by molar-refractivity contribution is 6.31. The molecule has 0 aliphatic heterocycles. The number of aryl methyl sites for hydroxylation is 1. The van der Waals surface area contributed by atoms with E-state index >= 15 is 0 Å². The van der Waals surface area contributed by atoms with Gasteiger partial charge in [-0.25, -0.2) is 0 Å². The van der Waals surface area contributed by atoms with Gasteiger partial charge in [-0.15, -0.1) is 0 Å². The third-order valence-corrected chi connectivity index (χ3v) is 4.25. The number of amides is 2. The molecule has 0 radical (unpaired) electrons. The molecular weight excluding hydrogens is 400 g/mol. The first kappa shape index (κ1) is 22.0. The van der Waals surface area contributed by atoms with Gasteiger partial charge in [0.15, 0.2) is 6.61 Å². The Labute approximate surface area is 173 Å². The number of esters is 1. The van der Waals surface area contributed by atoms with Crippen LogP contribution >= 0.6 is 11.6 Å². The van der Waals surface area contributed by atoms with Gasteiger partial charge in [0, 0.05) is 16.7 Å². The number of carbonyl (C=O) groups is 3. The number of benzene rings is 2. The lowest BCUT2D eigenvalue weighted by Gasteiger charge is -2.12. The van der Waals surface area contributed by atoms with E-state index in [1.54, 1.807) is 37.3 Å². The van der Waals surface area contributed by atoms with Gasteiger partial charge in [0.2, 0.25) is 0 Å². The van der Waals surface area contributed by atoms with Crippen molar-refractivity contribution in [2.45, 2.75) is 6.92 Å². The molecule has 0 atom stereocenters. The van der Waals surface area contributed by atoms with Crippen LogP contribution in [0.25, 0.3) is 0 Å². The second-order valence-corrected chi connectivity index (χ2v) is 6.33. The van der Waals surface area contributed by atoms with Crippen LogP contribution in [-0.4, -0.2) is 45.2 Å². The van der Waals surface area contributed by atoms with Crippen LogP contribution < -0.4 is 20.1 Å². The molecule has 2 amide bonds. The van der Waals surface area contributed by atoms with Crippen LogP contribution in [-0.2, 0) is 14.3 Å². The van der Waals surface area contributed by atoms with Crippen LogP contribution in [0.15, 0.2) is 36.4 Å². The van der Waals surface area contributed by atoms with E-state index in [-0.39, 0.29) is 6.54 Å². The van der Waals surface area contributed by atoms with E-state index in [1.165, 1.54) is 20.3 Å². The molecular formula is C20H21ClN2O6. The summed E-state index contributed by atoms with van der Waals surface area (Å²) in [5, 5.41) is 5.51. The van der Waals surface area contributed by atoms with Gasteiger partial charge in [-0.2, -0.15) is 0 Å². The molecule has 0 saturated heterocycles. The standard InChI is InChI=1S/C20H21ClN2O6/c1-12-7-16(17(28-3)9-15(12)21)23-18(24)11-29-19(25)10-22-20(26)13-5-4-6-14(8-13)27-2/h4-9H,10-11H2,1-3H3,(H,22,26)(H,23,24). The number of ether oxygens (including phenoxy) is 3. The molecule has 0 heterocycles. The molecule has 0 bridgehead atoms. The van der Waals surface area contributed by atoms with Crippen molar-refractivity contribution >= 4 is 35.1 Å². The van der Waals surface area contributed by atoms with Crippen LogP contribution in [0, 0.1) is 6.92 Å². The third-order valence-electron chi connectivity index (χ3n) is 3.84. The highest BCUT2D eigenvalue weighted by atomic mass is 35.5. The summed E-state index contributed by atoms with van der Waals surface area (Å²) in [5.41, 5.74) is 1.49. The first-order chi connectivity index (χ1) is 13.8. The second-order valence-electron chi connectivity index (χ2n) is 5.93. The molecule has 0 unspecified atom stereocenters. The average Bonchev–Trinajstić information content (AvgIpc) is 2.72. The van der Waals surface area contributed by atoms with Crippen molar-refractivity contribution in [1.29, 1.82) is 0 Å². The first-order valence-corrected chi connectivity index (χ1v) is 8.93. The highest BCUT2D eigenvalue weighted by Crippen LogP contribution is 2.30. The predicted octanol–water partition coefficient (Wildman–Crippen LogP) is 2.58. The molecule has 0 spiro atoms. The summed E-state index contributed by atoms with van der Waals surface area (Å²) in [6, 6.07) is 9.69. The monoisotopic (exact) mass is 420 g/mol. The Balaban J connectivity index is 1.82. The number of anilines is 1. The fraction of sp³-hybridized carbons (Fsp3) is 0.250. The minimum atomic E-state index is -0.754. The number of methoxy groups -OCH3 is 2. The van der Waals surface area contributed by atoms with Crippen molar-refractivity contribution in [2.75, 3.05) is 32.7 Å². The second kappa shape index (κ2) is 10.3. The van der Waals surface area contributed by atoms with Crippen LogP contribution in [0.5, 0.6) is 11.5 Å². The Bertz CT molecular complexity index is 916. The van der Waals surface area contributed by atoms with Gasteiger partial charge < -0.3 is 24.8 Å². The van der Waals surface area contributed by atoms with Gasteiger partial charge in [-0.05, 0) is 36.8 Å². The quantitative estimate of drug-likeness (QED) is 0.636. The van der Waals surface area contributed by atoms with E-state index in [2.05, 4.69) is 10.6 Å². The average molecular weight is 421 g/mol. The first-order valence-electron chi connectivity index (χ1n) is 8.56. The van der Waals surface area contributed by atoms with Crippen molar-refractivity contribution in [1.82, 2.24) is 5.32 Å². The Hall–Kier alpha value is -3.26. The lowest BCUT2D eigenvalue weighted by atomic mass is 10.2. The lowest BCUT2D eigenvalue weighted by Crippen LogP contribution is -2.32. The fourth-order valence-corrected chi connectivity index (χ4v) is 2.49. The zero-order chi connectivity index (χ0) is 21.4. The highest BCUT2D eigenvalue weighted by Gasteiger charge is 2.14. The van der Waals surface area contributed by atoms with Crippen LogP contribution in [0.3, 0.4) is 0 Å². The summed E-state index contributed by atoms with van der Waals surface area (Å²) in [7, 11) is 2.93. The summed E-state index contributed by atoms with van der Waals surface area (Å²) in [4.78, 5) is 35.9. The van der Waals surface area contributed by atoms with Gasteiger partial charge in [0.1, 0.15) is 18.0 Å². The molecule has 0 aromatic heterocycles. The minimum Gasteiger partial charge on any atom is -0.497 e. The Morgan fingerprint density at radius 3 is 2.52 bits per heavy atom. The number of halogens is 1. The van der Waals surface area contributed by atoms with Crippen molar-refractivity contribution in [3.8, 4) is 11.5 Å². The molecule has 2 rings (SSSR count). The zero-order valence-electron chi connectivity index (χ0n) is 16.2. The number of hydrogen-bond acceptors (Lipinski definition) is 6. The Kier molecular flexibility index (Phi) is 7.85. The van der Waals surface area contributed by atoms with Gasteiger partial charge in [-0.1, -0.05) is 17.7 Å². The normalized spacial score (nSPS) is 10.1. The third kappa shape index (κ3) is 6.39. The predicted molar refractivity (Wildman–Crippen MR) is 108 cm³/mol. The number of nitrogens with one attached hydrogen (secondary N) is 2. The molecule has 9 heteroatoms. The van der Waals surface area contributed by atoms with Crippen LogP contribution in [0.2, 0.25) is 5.02 Å². The van der Waals surface area contributed by atoms with E-state index < -0.39 is 24.4 Å². The van der Waals surface area contributed by atoms with Gasteiger partial charge in [0.25, 0.3) is 11.8 Å². The smallest absolute Gasteiger partial charge is 0.325 e. The van der Waals surface area contributed by atoms with Crippen molar-refractivity contribution in [2.24, 2.45) is 0 Å². The van der Waals surface area contributed by atoms with Crippen molar-refractivity contribution < 1.29 is 28.6 Å². The van der Waals surface area contributed by atoms with Gasteiger partial charge >= 0.3 is 5.97 Å². The van der Waals surface area contributed by atoms with Gasteiger partial charge in [-0.3, -0.25) is 14.4 Å². The van der Waals surface area contributed by atoms with E-state index in [9.17, 15) is 14.4 Å². The molecule has 0 fully saturated rings. The lowest BCUT2D eigenvalue weighted by molar-refractivity contribution is -0.146. The largest absolute Gasteiger partial charge is 0.497 e. The molecule has 2 aromatic carbocycles. The number of rotatable bonds is 8. The number of hydrogen-bond donors (Lipinski definition) is 2. The summed E-state index contributed by atoms with van der Waals surface area (Å²) in [5.74, 6) is -0.879. The van der Waals surface area contributed by atoms with Crippen molar-refractivity contribution in [3.05, 3.63) is 52.5 Å². The molecule has 8 nitrogen and oxygen atoms in total. The minimum absolute atomic E-state index is 0.333. The Morgan fingerprint density at radius 2 is 1.83 bits per heavy atom. The maximum absolute atomic E-state index is 12.0. The summed E-state index contributed by atoms with van der Waals surface area (Å²) < 4.78 is 15.1. The summed E-state index contributed by atoms with van der Waals surface area (Å²) in [6.07, 6.45) is 0. The molecule has 2 N–H and O–H groups in total. The molecule has 0 aliphatic carbocycles. The molecule has 154 valence electrons. The molecule has 0 aliphatic rings. The van der Waals surface area contributed by atoms with Crippen molar-refractivity contribution in [3.63, 3.8) is 0 Å². The maximum Gasteiger partial charge on any atom is 0.325 e. The van der Waals surface area contributed by atoms with E-state index in [0.717, 1.165) is 5.56 Å².